The Morgan fingerprint density at radius 1 is 1.07 bits per heavy atom. The fourth-order valence-corrected chi connectivity index (χ4v) is 6.81. The Balaban J connectivity index is 0. The van der Waals surface area contributed by atoms with Crippen molar-refractivity contribution in [2.45, 2.75) is 124 Å². The zero-order chi connectivity index (χ0) is 41.2. The first-order valence-corrected chi connectivity index (χ1v) is 21.4. The predicted molar refractivity (Wildman–Crippen MR) is 247 cm³/mol. The lowest BCUT2D eigenvalue weighted by molar-refractivity contribution is 0.0744. The van der Waals surface area contributed by atoms with Gasteiger partial charge in [0, 0.05) is 40.8 Å². The number of ether oxygens (including phenoxy) is 1. The van der Waals surface area contributed by atoms with Crippen molar-refractivity contribution in [3.05, 3.63) is 85.1 Å². The summed E-state index contributed by atoms with van der Waals surface area (Å²) in [6.07, 6.45) is 21.4. The number of nitrogens with two attached hydrogens (primary N) is 3. The molecule has 0 bridgehead atoms. The normalized spacial score (nSPS) is 12.8. The Kier molecular flexibility index (Phi) is 34.3. The summed E-state index contributed by atoms with van der Waals surface area (Å²) < 4.78 is 9.91. The van der Waals surface area contributed by atoms with Gasteiger partial charge >= 0.3 is 0 Å². The van der Waals surface area contributed by atoms with Gasteiger partial charge in [-0.15, -0.1) is 6.58 Å². The molecule has 0 aliphatic heterocycles. The van der Waals surface area contributed by atoms with E-state index in [1.165, 1.54) is 81.4 Å². The first kappa shape index (κ1) is 53.3. The quantitative estimate of drug-likeness (QED) is 0.0138. The van der Waals surface area contributed by atoms with Crippen molar-refractivity contribution in [2.75, 3.05) is 39.2 Å². The zero-order valence-electron chi connectivity index (χ0n) is 35.4. The highest BCUT2D eigenvalue weighted by Crippen LogP contribution is 2.35. The van der Waals surface area contributed by atoms with E-state index in [1.807, 2.05) is 51.2 Å². The van der Waals surface area contributed by atoms with Gasteiger partial charge in [0.15, 0.2) is 0 Å². The average molecular weight is 788 g/mol. The third kappa shape index (κ3) is 26.9. The summed E-state index contributed by atoms with van der Waals surface area (Å²) in [6, 6.07) is 6.16. The number of unbranched alkanes of at least 4 members (excludes halogenated alkanes) is 4. The number of H-pyrrole nitrogens is 1. The third-order valence-electron chi connectivity index (χ3n) is 8.77. The van der Waals surface area contributed by atoms with E-state index in [4.69, 9.17) is 22.7 Å². The van der Waals surface area contributed by atoms with E-state index < -0.39 is 0 Å². The number of allylic oxidation sites excluding steroid dienone is 1. The van der Waals surface area contributed by atoms with Gasteiger partial charge in [-0.3, -0.25) is 0 Å². The second-order valence-corrected chi connectivity index (χ2v) is 15.8. The summed E-state index contributed by atoms with van der Waals surface area (Å²) in [5.41, 5.74) is 18.8. The number of hydrogen-bond acceptors (Lipinski definition) is 9. The van der Waals surface area contributed by atoms with Crippen LogP contribution in [-0.4, -0.2) is 43.7 Å². The Bertz CT molecular complexity index is 1300. The van der Waals surface area contributed by atoms with Crippen LogP contribution in [0, 0.1) is 21.9 Å². The molecule has 1 heterocycles. The number of nitrogen functional groups attached to an aromatic ring is 1. The van der Waals surface area contributed by atoms with Crippen LogP contribution < -0.4 is 32.6 Å². The van der Waals surface area contributed by atoms with Gasteiger partial charge < -0.3 is 42.3 Å². The molecule has 2 atom stereocenters. The molecule has 1 saturated carbocycles. The first-order valence-electron chi connectivity index (χ1n) is 20.1. The third-order valence-corrected chi connectivity index (χ3v) is 10.3. The number of aromatic nitrogens is 1. The van der Waals surface area contributed by atoms with Crippen molar-refractivity contribution in [2.24, 2.45) is 28.7 Å². The smallest absolute Gasteiger partial charge is 0.111 e. The van der Waals surface area contributed by atoms with Crippen LogP contribution >= 0.6 is 24.2 Å². The van der Waals surface area contributed by atoms with Gasteiger partial charge in [-0.1, -0.05) is 118 Å². The Morgan fingerprint density at radius 3 is 2.31 bits per heavy atom. The van der Waals surface area contributed by atoms with Crippen molar-refractivity contribution in [1.82, 2.24) is 20.3 Å². The number of aromatic amines is 1. The maximum absolute atomic E-state index is 6.20. The highest BCUT2D eigenvalue weighted by Gasteiger charge is 2.25. The molecule has 0 spiro atoms. The summed E-state index contributed by atoms with van der Waals surface area (Å²) >= 11 is 7.26. The fourth-order valence-electron chi connectivity index (χ4n) is 5.73. The molecular formula is C44H81N7OS2. The number of fused-ring (bicyclic) bond motifs is 1. The lowest BCUT2D eigenvalue weighted by Crippen LogP contribution is -2.30. The molecule has 10 heteroatoms. The monoisotopic (exact) mass is 788 g/mol. The maximum atomic E-state index is 6.20. The molecule has 3 rings (SSSR count). The Hall–Kier alpha value is -2.76. The van der Waals surface area contributed by atoms with E-state index in [-0.39, 0.29) is 5.41 Å². The molecule has 1 aliphatic carbocycles. The van der Waals surface area contributed by atoms with Gasteiger partial charge in [-0.2, -0.15) is 0 Å². The SMILES string of the molecule is C=C(NSC1CC1)C(CCNCNC)[C@@H](C)CCCCCCC.C=CCOCC(C)(C)CCCc1cc2c(=S)[nH]ccc2cc1N.C=CN.C=CN.CC. The van der Waals surface area contributed by atoms with Crippen LogP contribution in [0.4, 0.5) is 5.69 Å². The lowest BCUT2D eigenvalue weighted by atomic mass is 9.85. The number of hydrogen-bond donors (Lipinski definition) is 7. The molecule has 10 N–H and O–H groups in total. The second kappa shape index (κ2) is 34.7. The van der Waals surface area contributed by atoms with E-state index in [1.54, 1.807) is 6.08 Å². The summed E-state index contributed by atoms with van der Waals surface area (Å²) in [5.74, 6) is 1.30. The minimum Gasteiger partial charge on any atom is -0.405 e. The number of aryl methyl sites for hydroxylation is 1. The van der Waals surface area contributed by atoms with Gasteiger partial charge in [-0.25, -0.2) is 0 Å². The van der Waals surface area contributed by atoms with Crippen molar-refractivity contribution >= 4 is 40.6 Å². The molecule has 54 heavy (non-hydrogen) atoms. The molecule has 2 aromatic rings. The zero-order valence-corrected chi connectivity index (χ0v) is 37.0. The average Bonchev–Trinajstić information content (AvgIpc) is 3.98. The van der Waals surface area contributed by atoms with Gasteiger partial charge in [0.1, 0.15) is 4.64 Å². The summed E-state index contributed by atoms with van der Waals surface area (Å²) in [5, 5.41) is 9.59. The summed E-state index contributed by atoms with van der Waals surface area (Å²) in [6.45, 7) is 30.8. The van der Waals surface area contributed by atoms with Crippen molar-refractivity contribution < 1.29 is 4.74 Å². The molecule has 1 aromatic heterocycles. The highest BCUT2D eigenvalue weighted by molar-refractivity contribution is 7.98. The minimum absolute atomic E-state index is 0.158. The topological polar surface area (TPSA) is 139 Å². The van der Waals surface area contributed by atoms with Crippen LogP contribution in [0.5, 0.6) is 0 Å². The lowest BCUT2D eigenvalue weighted by Gasteiger charge is -2.27. The number of rotatable bonds is 24. The molecule has 310 valence electrons. The van der Waals surface area contributed by atoms with Gasteiger partial charge in [0.05, 0.1) is 13.2 Å². The Labute approximate surface area is 341 Å². The minimum atomic E-state index is 0.158. The molecule has 1 aromatic carbocycles. The van der Waals surface area contributed by atoms with Crippen LogP contribution in [0.3, 0.4) is 0 Å². The number of pyridine rings is 1. The van der Waals surface area contributed by atoms with Gasteiger partial charge in [0.25, 0.3) is 0 Å². The molecule has 8 nitrogen and oxygen atoms in total. The highest BCUT2D eigenvalue weighted by atomic mass is 32.2. The molecule has 1 aliphatic rings. The van der Waals surface area contributed by atoms with E-state index in [0.717, 1.165) is 65.4 Å². The van der Waals surface area contributed by atoms with Crippen LogP contribution in [0.25, 0.3) is 10.8 Å². The van der Waals surface area contributed by atoms with Gasteiger partial charge in [0.2, 0.25) is 0 Å². The molecular weight excluding hydrogens is 707 g/mol. The molecule has 1 fully saturated rings. The molecule has 0 amide bonds. The van der Waals surface area contributed by atoms with Crippen LogP contribution in [-0.2, 0) is 11.2 Å². The van der Waals surface area contributed by atoms with E-state index >= 15 is 0 Å². The van der Waals surface area contributed by atoms with E-state index in [9.17, 15) is 0 Å². The summed E-state index contributed by atoms with van der Waals surface area (Å²) in [7, 11) is 1.98. The van der Waals surface area contributed by atoms with Crippen LogP contribution in [0.1, 0.15) is 118 Å². The molecule has 1 unspecified atom stereocenters. The van der Waals surface area contributed by atoms with Crippen molar-refractivity contribution in [3.63, 3.8) is 0 Å². The van der Waals surface area contributed by atoms with E-state index in [2.05, 4.69) is 91.9 Å². The van der Waals surface area contributed by atoms with Crippen LogP contribution in [0.15, 0.2) is 74.9 Å². The van der Waals surface area contributed by atoms with Gasteiger partial charge in [-0.05, 0) is 117 Å². The predicted octanol–water partition coefficient (Wildman–Crippen LogP) is 10.9. The number of anilines is 1. The summed E-state index contributed by atoms with van der Waals surface area (Å²) in [4.78, 5) is 3.08. The second-order valence-electron chi connectivity index (χ2n) is 14.3. The Morgan fingerprint density at radius 2 is 1.72 bits per heavy atom. The van der Waals surface area contributed by atoms with Crippen molar-refractivity contribution in [3.8, 4) is 0 Å². The molecule has 0 saturated heterocycles. The first-order chi connectivity index (χ1) is 25.9. The fraction of sp³-hybridized carbons (Fsp3) is 0.614. The standard InChI is InChI=1S/C19H39N3S.C19H26N2OS.2C2H5N.C2H6/c1-5-6-7-8-9-10-16(2)19(13-14-21-15-20-4)17(3)22-23-18-11-12-18;1-4-10-22-13-19(2,3)8-5-6-15-11-16-14(12-17(15)20)7-9-21-18(16)23;2*1-2-3;1-2/h16,18-22H,3,5-15H2,1-2,4H3;4,7,9,11-12H,1,5-6,8,10,13,20H2,2-3H3,(H,21,23);2*2H,1,3H2;1-2H3/t16-,19?;;;;/m0..../s1. The molecule has 0 radical (unpaired) electrons. The number of benzene rings is 1. The van der Waals surface area contributed by atoms with E-state index in [0.29, 0.717) is 18.4 Å². The van der Waals surface area contributed by atoms with Crippen LogP contribution in [0.2, 0.25) is 0 Å². The number of nitrogens with one attached hydrogen (secondary N) is 4. The maximum Gasteiger partial charge on any atom is 0.111 e. The largest absolute Gasteiger partial charge is 0.405 e. The van der Waals surface area contributed by atoms with Crippen molar-refractivity contribution in [1.29, 1.82) is 0 Å².